The van der Waals surface area contributed by atoms with E-state index in [9.17, 15) is 18.0 Å². The minimum atomic E-state index is -4.48. The molecule has 1 unspecified atom stereocenters. The summed E-state index contributed by atoms with van der Waals surface area (Å²) in [6.07, 6.45) is 4.15. The molecule has 2 aliphatic carbocycles. The number of hydrogen-bond donors (Lipinski definition) is 0. The van der Waals surface area contributed by atoms with Crippen LogP contribution in [0.15, 0.2) is 115 Å². The Balaban J connectivity index is 1.82. The molecular formula is C29H19F3O. The lowest BCUT2D eigenvalue weighted by Crippen LogP contribution is -2.30. The van der Waals surface area contributed by atoms with E-state index < -0.39 is 17.2 Å². The van der Waals surface area contributed by atoms with E-state index in [1.54, 1.807) is 24.3 Å². The van der Waals surface area contributed by atoms with E-state index in [-0.39, 0.29) is 5.78 Å². The summed E-state index contributed by atoms with van der Waals surface area (Å²) in [5.74, 6) is -0.182. The summed E-state index contributed by atoms with van der Waals surface area (Å²) in [4.78, 5) is 13.6. The van der Waals surface area contributed by atoms with E-state index in [1.807, 2.05) is 66.7 Å². The number of alkyl halides is 3. The Labute approximate surface area is 189 Å². The number of hydrogen-bond acceptors (Lipinski definition) is 1. The molecule has 33 heavy (non-hydrogen) atoms. The number of rotatable bonds is 3. The zero-order valence-corrected chi connectivity index (χ0v) is 17.5. The average Bonchev–Trinajstić information content (AvgIpc) is 3.17. The van der Waals surface area contributed by atoms with Crippen LogP contribution in [0.3, 0.4) is 0 Å². The molecule has 0 radical (unpaired) electrons. The SMILES string of the molecule is O=C1C=CC=CC12C(c1cccc(C(F)(F)F)c1)=CC(c1ccccc1)=C2c1ccccc1. The molecule has 162 valence electrons. The van der Waals surface area contributed by atoms with Crippen molar-refractivity contribution in [1.29, 1.82) is 0 Å². The van der Waals surface area contributed by atoms with E-state index >= 15 is 0 Å². The van der Waals surface area contributed by atoms with Gasteiger partial charge in [-0.25, -0.2) is 0 Å². The van der Waals surface area contributed by atoms with Gasteiger partial charge in [-0.05, 0) is 57.7 Å². The number of benzene rings is 3. The van der Waals surface area contributed by atoms with Crippen molar-refractivity contribution in [2.45, 2.75) is 6.18 Å². The van der Waals surface area contributed by atoms with Gasteiger partial charge in [0.25, 0.3) is 0 Å². The molecule has 3 aromatic rings. The second kappa shape index (κ2) is 7.89. The fourth-order valence-electron chi connectivity index (χ4n) is 4.67. The molecule has 0 saturated carbocycles. The minimum Gasteiger partial charge on any atom is -0.293 e. The summed E-state index contributed by atoms with van der Waals surface area (Å²) >= 11 is 0. The number of carbonyl (C=O) groups excluding carboxylic acids is 1. The van der Waals surface area contributed by atoms with Crippen LogP contribution < -0.4 is 0 Å². The highest BCUT2D eigenvalue weighted by atomic mass is 19.4. The van der Waals surface area contributed by atoms with Crippen LogP contribution in [0, 0.1) is 5.41 Å². The second-order valence-electron chi connectivity index (χ2n) is 8.05. The van der Waals surface area contributed by atoms with Gasteiger partial charge in [-0.15, -0.1) is 0 Å². The Bertz CT molecular complexity index is 1340. The third kappa shape index (κ3) is 3.48. The molecule has 2 aliphatic rings. The van der Waals surface area contributed by atoms with Gasteiger partial charge in [-0.2, -0.15) is 13.2 Å². The maximum Gasteiger partial charge on any atom is 0.416 e. The summed E-state index contributed by atoms with van der Waals surface area (Å²) < 4.78 is 40.6. The lowest BCUT2D eigenvalue weighted by molar-refractivity contribution is -0.137. The van der Waals surface area contributed by atoms with Crippen LogP contribution in [0.4, 0.5) is 13.2 Å². The van der Waals surface area contributed by atoms with Crippen LogP contribution in [0.25, 0.3) is 16.7 Å². The van der Waals surface area contributed by atoms with Crippen molar-refractivity contribution in [3.8, 4) is 0 Å². The Morgan fingerprint density at radius 2 is 1.33 bits per heavy atom. The van der Waals surface area contributed by atoms with Gasteiger partial charge in [0.2, 0.25) is 0 Å². The third-order valence-corrected chi connectivity index (χ3v) is 6.12. The first kappa shape index (κ1) is 21.0. The van der Waals surface area contributed by atoms with Crippen molar-refractivity contribution >= 4 is 22.5 Å². The monoisotopic (exact) mass is 440 g/mol. The maximum atomic E-state index is 13.6. The maximum absolute atomic E-state index is 13.6. The fourth-order valence-corrected chi connectivity index (χ4v) is 4.67. The zero-order valence-electron chi connectivity index (χ0n) is 17.5. The van der Waals surface area contributed by atoms with Crippen molar-refractivity contribution in [2.24, 2.45) is 5.41 Å². The summed E-state index contributed by atoms with van der Waals surface area (Å²) in [7, 11) is 0. The van der Waals surface area contributed by atoms with Crippen LogP contribution in [0.2, 0.25) is 0 Å². The quantitative estimate of drug-likeness (QED) is 0.415. The van der Waals surface area contributed by atoms with Gasteiger partial charge in [0, 0.05) is 0 Å². The van der Waals surface area contributed by atoms with Gasteiger partial charge >= 0.3 is 6.18 Å². The molecule has 0 aliphatic heterocycles. The van der Waals surface area contributed by atoms with Crippen molar-refractivity contribution in [3.63, 3.8) is 0 Å². The fraction of sp³-hybridized carbons (Fsp3) is 0.0690. The predicted octanol–water partition coefficient (Wildman–Crippen LogP) is 7.39. The van der Waals surface area contributed by atoms with E-state index in [0.29, 0.717) is 11.1 Å². The standard InChI is InChI=1S/C29H19F3O/c30-29(31,32)23-15-9-14-22(18-23)25-19-24(20-10-3-1-4-11-20)27(21-12-5-2-6-13-21)28(25)17-8-7-16-26(28)33/h1-19H. The van der Waals surface area contributed by atoms with E-state index in [1.165, 1.54) is 12.1 Å². The van der Waals surface area contributed by atoms with E-state index in [0.717, 1.165) is 34.4 Å². The van der Waals surface area contributed by atoms with Crippen molar-refractivity contribution in [1.82, 2.24) is 0 Å². The van der Waals surface area contributed by atoms with Gasteiger partial charge in [0.1, 0.15) is 5.41 Å². The lowest BCUT2D eigenvalue weighted by Gasteiger charge is -2.33. The molecule has 1 nitrogen and oxygen atoms in total. The molecule has 0 fully saturated rings. The molecular weight excluding hydrogens is 421 g/mol. The highest BCUT2D eigenvalue weighted by Crippen LogP contribution is 2.57. The number of ketones is 1. The molecule has 3 aromatic carbocycles. The second-order valence-corrected chi connectivity index (χ2v) is 8.05. The van der Waals surface area contributed by atoms with Crippen LogP contribution in [0.5, 0.6) is 0 Å². The molecule has 0 aromatic heterocycles. The predicted molar refractivity (Wildman–Crippen MR) is 125 cm³/mol. The molecule has 0 amide bonds. The van der Waals surface area contributed by atoms with Crippen LogP contribution >= 0.6 is 0 Å². The molecule has 4 heteroatoms. The molecule has 0 N–H and O–H groups in total. The minimum absolute atomic E-state index is 0.182. The number of halogens is 3. The first-order valence-corrected chi connectivity index (χ1v) is 10.6. The lowest BCUT2D eigenvalue weighted by atomic mass is 9.67. The molecule has 1 spiro atoms. The van der Waals surface area contributed by atoms with Crippen molar-refractivity contribution < 1.29 is 18.0 Å². The Hall–Kier alpha value is -3.92. The van der Waals surface area contributed by atoms with Crippen LogP contribution in [-0.2, 0) is 11.0 Å². The Kier molecular flexibility index (Phi) is 5.01. The third-order valence-electron chi connectivity index (χ3n) is 6.12. The molecule has 0 heterocycles. The number of allylic oxidation sites excluding steroid dienone is 8. The van der Waals surface area contributed by atoms with Gasteiger partial charge in [-0.3, -0.25) is 4.79 Å². The van der Waals surface area contributed by atoms with Crippen LogP contribution in [-0.4, -0.2) is 5.78 Å². The smallest absolute Gasteiger partial charge is 0.293 e. The molecule has 1 atom stereocenters. The van der Waals surface area contributed by atoms with Gasteiger partial charge in [-0.1, -0.05) is 91.0 Å². The number of carbonyl (C=O) groups is 1. The highest BCUT2D eigenvalue weighted by molar-refractivity contribution is 6.25. The molecule has 5 rings (SSSR count). The largest absolute Gasteiger partial charge is 0.416 e. The van der Waals surface area contributed by atoms with Gasteiger partial charge in [0.05, 0.1) is 5.56 Å². The molecule has 0 bridgehead atoms. The topological polar surface area (TPSA) is 17.1 Å². The first-order chi connectivity index (χ1) is 15.9. The first-order valence-electron chi connectivity index (χ1n) is 10.6. The van der Waals surface area contributed by atoms with Crippen LogP contribution in [0.1, 0.15) is 22.3 Å². The summed E-state index contributed by atoms with van der Waals surface area (Å²) in [6, 6.07) is 24.4. The summed E-state index contributed by atoms with van der Waals surface area (Å²) in [6.45, 7) is 0. The van der Waals surface area contributed by atoms with E-state index in [4.69, 9.17) is 0 Å². The van der Waals surface area contributed by atoms with Crippen molar-refractivity contribution in [3.05, 3.63) is 138 Å². The highest BCUT2D eigenvalue weighted by Gasteiger charge is 2.48. The van der Waals surface area contributed by atoms with Crippen molar-refractivity contribution in [2.75, 3.05) is 0 Å². The average molecular weight is 440 g/mol. The Morgan fingerprint density at radius 3 is 1.97 bits per heavy atom. The normalized spacial score (nSPS) is 20.0. The summed E-state index contributed by atoms with van der Waals surface area (Å²) in [5.41, 5.74) is 2.29. The zero-order chi connectivity index (χ0) is 23.1. The van der Waals surface area contributed by atoms with Gasteiger partial charge < -0.3 is 0 Å². The van der Waals surface area contributed by atoms with Gasteiger partial charge in [0.15, 0.2) is 5.78 Å². The Morgan fingerprint density at radius 1 is 0.697 bits per heavy atom. The summed E-state index contributed by atoms with van der Waals surface area (Å²) in [5, 5.41) is 0. The van der Waals surface area contributed by atoms with E-state index in [2.05, 4.69) is 0 Å². The molecule has 0 saturated heterocycles.